The summed E-state index contributed by atoms with van der Waals surface area (Å²) in [4.78, 5) is 34.9. The topological polar surface area (TPSA) is 101 Å². The molecule has 0 aliphatic heterocycles. The van der Waals surface area contributed by atoms with Gasteiger partial charge in [-0.2, -0.15) is 0 Å². The van der Waals surface area contributed by atoms with E-state index in [4.69, 9.17) is 5.73 Å². The van der Waals surface area contributed by atoms with Crippen molar-refractivity contribution >= 4 is 17.5 Å². The van der Waals surface area contributed by atoms with Crippen molar-refractivity contribution < 1.29 is 14.4 Å². The highest BCUT2D eigenvalue weighted by Gasteiger charge is 2.25. The minimum absolute atomic E-state index is 0.00367. The van der Waals surface area contributed by atoms with Gasteiger partial charge in [0.1, 0.15) is 0 Å². The predicted molar refractivity (Wildman–Crippen MR) is 73.6 cm³/mol. The molecule has 0 aliphatic carbocycles. The van der Waals surface area contributed by atoms with Crippen LogP contribution in [0.15, 0.2) is 0 Å². The fourth-order valence-corrected chi connectivity index (χ4v) is 1.75. The largest absolute Gasteiger partial charge is 0.358 e. The van der Waals surface area contributed by atoms with Crippen LogP contribution >= 0.6 is 0 Å². The molecule has 110 valence electrons. The number of ketones is 2. The van der Waals surface area contributed by atoms with E-state index < -0.39 is 23.7 Å². The molecule has 0 spiro atoms. The Morgan fingerprint density at radius 2 is 1.74 bits per heavy atom. The molecule has 0 rings (SSSR count). The Kier molecular flexibility index (Phi) is 8.18. The zero-order chi connectivity index (χ0) is 15.0. The lowest BCUT2D eigenvalue weighted by Gasteiger charge is -2.16. The molecule has 0 saturated heterocycles. The number of carbonyl (C=O) groups excluding carboxylic acids is 3. The first kappa shape index (κ1) is 17.7. The molecule has 0 aromatic heterocycles. The average molecular weight is 271 g/mol. The van der Waals surface area contributed by atoms with Crippen molar-refractivity contribution in [3.63, 3.8) is 0 Å². The first-order valence-electron chi connectivity index (χ1n) is 6.54. The van der Waals surface area contributed by atoms with E-state index in [1.807, 2.05) is 13.8 Å². The number of nitrogens with one attached hydrogen (secondary N) is 2. The second-order valence-electron chi connectivity index (χ2n) is 5.02. The predicted octanol–water partition coefficient (Wildman–Crippen LogP) is -0.388. The Labute approximate surface area is 114 Å². The lowest BCUT2D eigenvalue weighted by atomic mass is 9.96. The number of Topliss-reactive ketones (excluding diaryl/α,β-unsaturated/α-hetero) is 2. The molecule has 19 heavy (non-hydrogen) atoms. The summed E-state index contributed by atoms with van der Waals surface area (Å²) in [5, 5.41) is 5.26. The lowest BCUT2D eigenvalue weighted by Crippen LogP contribution is -2.42. The molecule has 0 unspecified atom stereocenters. The van der Waals surface area contributed by atoms with E-state index in [-0.39, 0.29) is 18.7 Å². The van der Waals surface area contributed by atoms with Gasteiger partial charge in [0.2, 0.25) is 11.7 Å². The maximum absolute atomic E-state index is 11.9. The van der Waals surface area contributed by atoms with Crippen molar-refractivity contribution in [2.24, 2.45) is 11.7 Å². The second-order valence-corrected chi connectivity index (χ2v) is 5.02. The number of likely N-dealkylation sites (N-methyl/N-ethyl adjacent to an activating group) is 2. The lowest BCUT2D eigenvalue weighted by molar-refractivity contribution is -0.138. The minimum Gasteiger partial charge on any atom is -0.358 e. The van der Waals surface area contributed by atoms with Crippen LogP contribution in [0.3, 0.4) is 0 Å². The molecule has 0 aromatic carbocycles. The molecular formula is C13H25N3O3. The quantitative estimate of drug-likeness (QED) is 0.496. The van der Waals surface area contributed by atoms with E-state index in [1.54, 1.807) is 7.05 Å². The molecule has 0 aromatic rings. The first-order chi connectivity index (χ1) is 8.83. The summed E-state index contributed by atoms with van der Waals surface area (Å²) < 4.78 is 0. The molecule has 1 amide bonds. The summed E-state index contributed by atoms with van der Waals surface area (Å²) in [7, 11) is 3.14. The standard InChI is InChI=1S/C13H25N3O3/c1-8(2)7-10(15-3)12(18)11(17)6-5-9(14)13(19)16-4/h8-10,15H,5-7,14H2,1-4H3,(H,16,19)/t9-,10-/m0/s1. The van der Waals surface area contributed by atoms with E-state index >= 15 is 0 Å². The molecule has 0 aliphatic rings. The third kappa shape index (κ3) is 6.45. The van der Waals surface area contributed by atoms with Crippen molar-refractivity contribution in [3.8, 4) is 0 Å². The van der Waals surface area contributed by atoms with Crippen LogP contribution in [0, 0.1) is 5.92 Å². The number of hydrogen-bond donors (Lipinski definition) is 3. The van der Waals surface area contributed by atoms with Crippen molar-refractivity contribution in [3.05, 3.63) is 0 Å². The molecule has 6 nitrogen and oxygen atoms in total. The van der Waals surface area contributed by atoms with Crippen LogP contribution < -0.4 is 16.4 Å². The highest BCUT2D eigenvalue weighted by atomic mass is 16.2. The Hall–Kier alpha value is -1.27. The Morgan fingerprint density at radius 3 is 2.16 bits per heavy atom. The SMILES string of the molecule is CNC(=O)[C@@H](N)CCC(=O)C(=O)[C@H](CC(C)C)NC. The second kappa shape index (κ2) is 8.77. The van der Waals surface area contributed by atoms with E-state index in [0.717, 1.165) is 0 Å². The summed E-state index contributed by atoms with van der Waals surface area (Å²) >= 11 is 0. The summed E-state index contributed by atoms with van der Waals surface area (Å²) in [6, 6.07) is -1.20. The zero-order valence-electron chi connectivity index (χ0n) is 12.2. The summed E-state index contributed by atoms with van der Waals surface area (Å²) in [6.45, 7) is 3.98. The third-order valence-electron chi connectivity index (χ3n) is 2.91. The van der Waals surface area contributed by atoms with Gasteiger partial charge >= 0.3 is 0 Å². The van der Waals surface area contributed by atoms with Crippen LogP contribution in [0.25, 0.3) is 0 Å². The zero-order valence-corrected chi connectivity index (χ0v) is 12.2. The Bertz CT molecular complexity index is 329. The molecule has 0 saturated carbocycles. The van der Waals surface area contributed by atoms with Crippen molar-refractivity contribution in [2.75, 3.05) is 14.1 Å². The molecule has 0 radical (unpaired) electrons. The number of amides is 1. The Morgan fingerprint density at radius 1 is 1.16 bits per heavy atom. The van der Waals surface area contributed by atoms with Crippen LogP contribution in [0.5, 0.6) is 0 Å². The van der Waals surface area contributed by atoms with Gasteiger partial charge in [0.05, 0.1) is 12.1 Å². The van der Waals surface area contributed by atoms with Crippen molar-refractivity contribution in [1.82, 2.24) is 10.6 Å². The first-order valence-corrected chi connectivity index (χ1v) is 6.54. The van der Waals surface area contributed by atoms with Gasteiger partial charge in [0, 0.05) is 13.5 Å². The molecular weight excluding hydrogens is 246 g/mol. The number of nitrogens with two attached hydrogens (primary N) is 1. The van der Waals surface area contributed by atoms with Crippen molar-refractivity contribution in [1.29, 1.82) is 0 Å². The van der Waals surface area contributed by atoms with Crippen LogP contribution in [0.4, 0.5) is 0 Å². The van der Waals surface area contributed by atoms with Crippen LogP contribution in [0.1, 0.15) is 33.1 Å². The molecule has 2 atom stereocenters. The number of hydrogen-bond acceptors (Lipinski definition) is 5. The summed E-state index contributed by atoms with van der Waals surface area (Å²) in [5.74, 6) is -0.908. The van der Waals surface area contributed by atoms with Crippen LogP contribution in [-0.4, -0.2) is 43.7 Å². The maximum Gasteiger partial charge on any atom is 0.236 e. The molecule has 4 N–H and O–H groups in total. The highest BCUT2D eigenvalue weighted by Crippen LogP contribution is 2.07. The molecule has 0 heterocycles. The monoisotopic (exact) mass is 271 g/mol. The van der Waals surface area contributed by atoms with Gasteiger partial charge in [-0.15, -0.1) is 0 Å². The molecule has 0 bridgehead atoms. The average Bonchev–Trinajstić information content (AvgIpc) is 2.39. The van der Waals surface area contributed by atoms with E-state index in [2.05, 4.69) is 10.6 Å². The summed E-state index contributed by atoms with van der Waals surface area (Å²) in [5.41, 5.74) is 5.57. The fourth-order valence-electron chi connectivity index (χ4n) is 1.75. The number of carbonyl (C=O) groups is 3. The number of rotatable bonds is 9. The smallest absolute Gasteiger partial charge is 0.236 e. The van der Waals surface area contributed by atoms with Crippen LogP contribution in [-0.2, 0) is 14.4 Å². The van der Waals surface area contributed by atoms with Gasteiger partial charge in [0.25, 0.3) is 0 Å². The van der Waals surface area contributed by atoms with E-state index in [0.29, 0.717) is 12.3 Å². The van der Waals surface area contributed by atoms with Crippen LogP contribution in [0.2, 0.25) is 0 Å². The van der Waals surface area contributed by atoms with Gasteiger partial charge in [-0.1, -0.05) is 13.8 Å². The minimum atomic E-state index is -0.750. The summed E-state index contributed by atoms with van der Waals surface area (Å²) in [6.07, 6.45) is 0.800. The Balaban J connectivity index is 4.33. The van der Waals surface area contributed by atoms with Gasteiger partial charge in [-0.05, 0) is 25.8 Å². The normalized spacial score (nSPS) is 14.0. The van der Waals surface area contributed by atoms with Gasteiger partial charge in [-0.3, -0.25) is 14.4 Å². The molecule has 0 fully saturated rings. The third-order valence-corrected chi connectivity index (χ3v) is 2.91. The van der Waals surface area contributed by atoms with E-state index in [1.165, 1.54) is 7.05 Å². The maximum atomic E-state index is 11.9. The fraction of sp³-hybridized carbons (Fsp3) is 0.769. The molecule has 6 heteroatoms. The van der Waals surface area contributed by atoms with Gasteiger partial charge in [-0.25, -0.2) is 0 Å². The highest BCUT2D eigenvalue weighted by molar-refractivity contribution is 6.39. The van der Waals surface area contributed by atoms with Gasteiger partial charge < -0.3 is 16.4 Å². The van der Waals surface area contributed by atoms with E-state index in [9.17, 15) is 14.4 Å². The van der Waals surface area contributed by atoms with Gasteiger partial charge in [0.15, 0.2) is 5.78 Å². The van der Waals surface area contributed by atoms with Crippen molar-refractivity contribution in [2.45, 2.75) is 45.2 Å².